The molecule has 0 aromatic heterocycles. The zero-order valence-electron chi connectivity index (χ0n) is 16.6. The Kier molecular flexibility index (Phi) is 4.92. The molecule has 2 aliphatic rings. The lowest BCUT2D eigenvalue weighted by Gasteiger charge is -2.34. The van der Waals surface area contributed by atoms with Crippen LogP contribution in [0.1, 0.15) is 46.8 Å². The van der Waals surface area contributed by atoms with Gasteiger partial charge in [-0.3, -0.25) is 4.79 Å². The molecule has 2 heterocycles. The van der Waals surface area contributed by atoms with Crippen molar-refractivity contribution in [1.82, 2.24) is 9.80 Å². The standard InChI is InChI=1S/C23H29N3O/c1-17(2)18-5-4-6-19(13-18)23(27)26-15-20-7-8-22(14-21(20)16-26)25-11-9-24(3)10-12-25/h4-8,13-14,17H,9-12,15-16H2,1-3H3. The molecule has 1 fully saturated rings. The second-order valence-corrected chi connectivity index (χ2v) is 8.18. The molecule has 0 spiro atoms. The second-order valence-electron chi connectivity index (χ2n) is 8.18. The van der Waals surface area contributed by atoms with Crippen LogP contribution in [0, 0.1) is 0 Å². The number of benzene rings is 2. The molecule has 2 aromatic carbocycles. The Morgan fingerprint density at radius 2 is 1.67 bits per heavy atom. The van der Waals surface area contributed by atoms with Crippen LogP contribution in [-0.4, -0.2) is 48.9 Å². The van der Waals surface area contributed by atoms with E-state index in [1.165, 1.54) is 22.4 Å². The topological polar surface area (TPSA) is 26.8 Å². The van der Waals surface area contributed by atoms with E-state index in [1.54, 1.807) is 0 Å². The maximum Gasteiger partial charge on any atom is 0.254 e. The minimum absolute atomic E-state index is 0.134. The maximum atomic E-state index is 13.0. The highest BCUT2D eigenvalue weighted by Gasteiger charge is 2.25. The molecule has 0 aliphatic carbocycles. The molecule has 0 N–H and O–H groups in total. The van der Waals surface area contributed by atoms with Crippen molar-refractivity contribution in [2.24, 2.45) is 0 Å². The SMILES string of the molecule is CC(C)c1cccc(C(=O)N2Cc3ccc(N4CCN(C)CC4)cc3C2)c1. The highest BCUT2D eigenvalue weighted by molar-refractivity contribution is 5.94. The number of carbonyl (C=O) groups is 1. The summed E-state index contributed by atoms with van der Waals surface area (Å²) in [5.74, 6) is 0.564. The number of fused-ring (bicyclic) bond motifs is 1. The fourth-order valence-corrected chi connectivity index (χ4v) is 4.00. The molecule has 4 rings (SSSR count). The number of anilines is 1. The lowest BCUT2D eigenvalue weighted by Crippen LogP contribution is -2.44. The van der Waals surface area contributed by atoms with Gasteiger partial charge in [-0.15, -0.1) is 0 Å². The van der Waals surface area contributed by atoms with Crippen molar-refractivity contribution in [1.29, 1.82) is 0 Å². The third-order valence-electron chi connectivity index (χ3n) is 5.87. The van der Waals surface area contributed by atoms with Crippen molar-refractivity contribution in [2.45, 2.75) is 32.9 Å². The Balaban J connectivity index is 1.49. The molecule has 0 bridgehead atoms. The average molecular weight is 364 g/mol. The van der Waals surface area contributed by atoms with Gasteiger partial charge in [0.25, 0.3) is 5.91 Å². The van der Waals surface area contributed by atoms with E-state index >= 15 is 0 Å². The van der Waals surface area contributed by atoms with E-state index in [9.17, 15) is 4.79 Å². The molecule has 0 atom stereocenters. The molecule has 27 heavy (non-hydrogen) atoms. The number of nitrogens with zero attached hydrogens (tertiary/aromatic N) is 3. The summed E-state index contributed by atoms with van der Waals surface area (Å²) in [5.41, 5.74) is 5.88. The number of carbonyl (C=O) groups excluding carboxylic acids is 1. The van der Waals surface area contributed by atoms with Gasteiger partial charge in [-0.25, -0.2) is 0 Å². The van der Waals surface area contributed by atoms with Gasteiger partial charge in [0, 0.05) is 50.5 Å². The highest BCUT2D eigenvalue weighted by Crippen LogP contribution is 2.29. The Hall–Kier alpha value is -2.33. The van der Waals surface area contributed by atoms with Gasteiger partial charge in [0.05, 0.1) is 0 Å². The molecule has 2 aliphatic heterocycles. The summed E-state index contributed by atoms with van der Waals surface area (Å²) in [4.78, 5) is 19.8. The Bertz CT molecular complexity index is 837. The molecule has 0 radical (unpaired) electrons. The van der Waals surface area contributed by atoms with Crippen molar-refractivity contribution >= 4 is 11.6 Å². The fourth-order valence-electron chi connectivity index (χ4n) is 4.00. The summed E-state index contributed by atoms with van der Waals surface area (Å²) in [6, 6.07) is 14.8. The first-order chi connectivity index (χ1) is 13.0. The first-order valence-corrected chi connectivity index (χ1v) is 9.96. The van der Waals surface area contributed by atoms with Gasteiger partial charge >= 0.3 is 0 Å². The third-order valence-corrected chi connectivity index (χ3v) is 5.87. The zero-order chi connectivity index (χ0) is 19.0. The van der Waals surface area contributed by atoms with Crippen molar-refractivity contribution in [3.63, 3.8) is 0 Å². The normalized spacial score (nSPS) is 17.5. The number of piperazine rings is 1. The van der Waals surface area contributed by atoms with Gasteiger partial charge in [0.2, 0.25) is 0 Å². The molecular formula is C23H29N3O. The molecule has 1 saturated heterocycles. The van der Waals surface area contributed by atoms with Gasteiger partial charge in [-0.05, 0) is 53.9 Å². The molecule has 4 heteroatoms. The number of likely N-dealkylation sites (N-methyl/N-ethyl adjacent to an activating group) is 1. The number of hydrogen-bond acceptors (Lipinski definition) is 3. The van der Waals surface area contributed by atoms with E-state index in [1.807, 2.05) is 23.1 Å². The molecule has 1 amide bonds. The quantitative estimate of drug-likeness (QED) is 0.832. The summed E-state index contributed by atoms with van der Waals surface area (Å²) in [6.45, 7) is 10.1. The van der Waals surface area contributed by atoms with Crippen molar-refractivity contribution in [2.75, 3.05) is 38.1 Å². The van der Waals surface area contributed by atoms with Gasteiger partial charge in [0.1, 0.15) is 0 Å². The van der Waals surface area contributed by atoms with E-state index < -0.39 is 0 Å². The largest absolute Gasteiger partial charge is 0.369 e. The Morgan fingerprint density at radius 3 is 2.41 bits per heavy atom. The van der Waals surface area contributed by atoms with Crippen molar-refractivity contribution in [3.05, 3.63) is 64.7 Å². The van der Waals surface area contributed by atoms with Crippen molar-refractivity contribution in [3.8, 4) is 0 Å². The van der Waals surface area contributed by atoms with E-state index in [0.717, 1.165) is 31.7 Å². The Labute approximate surface area is 162 Å². The van der Waals surface area contributed by atoms with Gasteiger partial charge in [0.15, 0.2) is 0 Å². The van der Waals surface area contributed by atoms with Crippen LogP contribution in [0.5, 0.6) is 0 Å². The minimum atomic E-state index is 0.134. The second kappa shape index (κ2) is 7.35. The molecule has 0 unspecified atom stereocenters. The van der Waals surface area contributed by atoms with Crippen LogP contribution >= 0.6 is 0 Å². The zero-order valence-corrected chi connectivity index (χ0v) is 16.6. The lowest BCUT2D eigenvalue weighted by atomic mass is 10.0. The summed E-state index contributed by atoms with van der Waals surface area (Å²) in [7, 11) is 2.18. The Morgan fingerprint density at radius 1 is 0.926 bits per heavy atom. The van der Waals surface area contributed by atoms with Crippen LogP contribution in [0.3, 0.4) is 0 Å². The van der Waals surface area contributed by atoms with Crippen LogP contribution in [0.2, 0.25) is 0 Å². The lowest BCUT2D eigenvalue weighted by molar-refractivity contribution is 0.0751. The molecular weight excluding hydrogens is 334 g/mol. The van der Waals surface area contributed by atoms with E-state index in [2.05, 4.69) is 55.0 Å². The van der Waals surface area contributed by atoms with Crippen LogP contribution in [0.25, 0.3) is 0 Å². The molecule has 4 nitrogen and oxygen atoms in total. The van der Waals surface area contributed by atoms with E-state index in [0.29, 0.717) is 19.0 Å². The number of amides is 1. The molecule has 142 valence electrons. The van der Waals surface area contributed by atoms with Crippen LogP contribution in [-0.2, 0) is 13.1 Å². The summed E-state index contributed by atoms with van der Waals surface area (Å²) >= 11 is 0. The average Bonchev–Trinajstić information content (AvgIpc) is 3.11. The maximum absolute atomic E-state index is 13.0. The third kappa shape index (κ3) is 3.72. The minimum Gasteiger partial charge on any atom is -0.369 e. The molecule has 0 saturated carbocycles. The molecule has 2 aromatic rings. The van der Waals surface area contributed by atoms with E-state index in [-0.39, 0.29) is 5.91 Å². The summed E-state index contributed by atoms with van der Waals surface area (Å²) in [6.07, 6.45) is 0. The van der Waals surface area contributed by atoms with Crippen LogP contribution in [0.15, 0.2) is 42.5 Å². The predicted molar refractivity (Wildman–Crippen MR) is 110 cm³/mol. The van der Waals surface area contributed by atoms with E-state index in [4.69, 9.17) is 0 Å². The van der Waals surface area contributed by atoms with Gasteiger partial charge in [-0.2, -0.15) is 0 Å². The smallest absolute Gasteiger partial charge is 0.254 e. The first kappa shape index (κ1) is 18.1. The summed E-state index contributed by atoms with van der Waals surface area (Å²) < 4.78 is 0. The number of hydrogen-bond donors (Lipinski definition) is 0. The van der Waals surface area contributed by atoms with Crippen LogP contribution < -0.4 is 4.90 Å². The van der Waals surface area contributed by atoms with Crippen LogP contribution in [0.4, 0.5) is 5.69 Å². The van der Waals surface area contributed by atoms with Crippen molar-refractivity contribution < 1.29 is 4.79 Å². The van der Waals surface area contributed by atoms with Gasteiger partial charge < -0.3 is 14.7 Å². The monoisotopic (exact) mass is 363 g/mol. The summed E-state index contributed by atoms with van der Waals surface area (Å²) in [5, 5.41) is 0. The highest BCUT2D eigenvalue weighted by atomic mass is 16.2. The fraction of sp³-hybridized carbons (Fsp3) is 0.435. The van der Waals surface area contributed by atoms with Gasteiger partial charge in [-0.1, -0.05) is 32.0 Å². The first-order valence-electron chi connectivity index (χ1n) is 9.96. The predicted octanol–water partition coefficient (Wildman–Crippen LogP) is 3.72. The number of rotatable bonds is 3.